The Kier molecular flexibility index (Phi) is 8.33. The van der Waals surface area contributed by atoms with Crippen molar-refractivity contribution in [2.45, 2.75) is 39.7 Å². The van der Waals surface area contributed by atoms with E-state index < -0.39 is 0 Å². The number of rotatable bonds is 9. The number of para-hydroxylation sites is 2. The van der Waals surface area contributed by atoms with Crippen LogP contribution < -0.4 is 20.4 Å². The summed E-state index contributed by atoms with van der Waals surface area (Å²) >= 11 is 6.29. The van der Waals surface area contributed by atoms with Gasteiger partial charge in [0.15, 0.2) is 5.65 Å². The summed E-state index contributed by atoms with van der Waals surface area (Å²) in [5.41, 5.74) is 4.51. The van der Waals surface area contributed by atoms with Gasteiger partial charge in [-0.25, -0.2) is 4.98 Å². The second-order valence-corrected chi connectivity index (χ2v) is 10.2. The largest absolute Gasteiger partial charge is 0.370 e. The molecule has 1 fully saturated rings. The van der Waals surface area contributed by atoms with Crippen LogP contribution in [-0.4, -0.2) is 59.3 Å². The van der Waals surface area contributed by atoms with Gasteiger partial charge in [0, 0.05) is 48.9 Å². The Bertz CT molecular complexity index is 1440. The van der Waals surface area contributed by atoms with Crippen molar-refractivity contribution in [1.29, 1.82) is 0 Å². The number of carbonyl (C=O) groups is 1. The Morgan fingerprint density at radius 2 is 1.82 bits per heavy atom. The summed E-state index contributed by atoms with van der Waals surface area (Å²) in [7, 11) is 0. The predicted molar refractivity (Wildman–Crippen MR) is 160 cm³/mol. The summed E-state index contributed by atoms with van der Waals surface area (Å²) < 4.78 is 1.81. The maximum atomic E-state index is 13.7. The van der Waals surface area contributed by atoms with Crippen LogP contribution in [0, 0.1) is 0 Å². The van der Waals surface area contributed by atoms with E-state index in [9.17, 15) is 4.79 Å². The first-order valence-corrected chi connectivity index (χ1v) is 14.2. The summed E-state index contributed by atoms with van der Waals surface area (Å²) in [6, 6.07) is 18.0. The number of amides is 1. The SMILES string of the molecule is CCNC1CCN(c2ccccc2NC(=O)c2cc(N(CC)CC)n3ncc(-c4cccc(Cl)c4)c3n2)CC1. The van der Waals surface area contributed by atoms with Gasteiger partial charge in [-0.3, -0.25) is 4.79 Å². The molecule has 0 aliphatic carbocycles. The normalized spacial score (nSPS) is 14.1. The van der Waals surface area contributed by atoms with Gasteiger partial charge in [0.1, 0.15) is 11.5 Å². The molecule has 2 N–H and O–H groups in total. The second-order valence-electron chi connectivity index (χ2n) is 9.77. The van der Waals surface area contributed by atoms with Crippen LogP contribution in [0.1, 0.15) is 44.1 Å². The van der Waals surface area contributed by atoms with E-state index in [0.29, 0.717) is 22.4 Å². The zero-order chi connectivity index (χ0) is 27.4. The third-order valence-electron chi connectivity index (χ3n) is 7.39. The minimum Gasteiger partial charge on any atom is -0.370 e. The first-order valence-electron chi connectivity index (χ1n) is 13.8. The third-order valence-corrected chi connectivity index (χ3v) is 7.62. The number of carbonyl (C=O) groups excluding carboxylic acids is 1. The number of piperidine rings is 1. The quantitative estimate of drug-likeness (QED) is 0.280. The molecule has 1 saturated heterocycles. The van der Waals surface area contributed by atoms with Crippen LogP contribution >= 0.6 is 11.6 Å². The first kappa shape index (κ1) is 27.0. The Hall–Kier alpha value is -3.62. The zero-order valence-corrected chi connectivity index (χ0v) is 23.6. The summed E-state index contributed by atoms with van der Waals surface area (Å²) in [5.74, 6) is 0.571. The summed E-state index contributed by atoms with van der Waals surface area (Å²) in [6.45, 7) is 10.7. The van der Waals surface area contributed by atoms with Gasteiger partial charge >= 0.3 is 0 Å². The van der Waals surface area contributed by atoms with E-state index in [1.54, 1.807) is 6.20 Å². The maximum Gasteiger partial charge on any atom is 0.274 e. The van der Waals surface area contributed by atoms with Crippen molar-refractivity contribution < 1.29 is 4.79 Å². The van der Waals surface area contributed by atoms with Crippen LogP contribution in [0.25, 0.3) is 16.8 Å². The van der Waals surface area contributed by atoms with Crippen molar-refractivity contribution in [1.82, 2.24) is 19.9 Å². The molecular weight excluding hydrogens is 510 g/mol. The summed E-state index contributed by atoms with van der Waals surface area (Å²) in [5, 5.41) is 12.0. The molecule has 1 aliphatic rings. The Balaban J connectivity index is 1.49. The molecule has 0 atom stereocenters. The van der Waals surface area contributed by atoms with E-state index in [1.165, 1.54) is 0 Å². The van der Waals surface area contributed by atoms with Gasteiger partial charge in [-0.1, -0.05) is 42.8 Å². The predicted octanol–water partition coefficient (Wildman–Crippen LogP) is 5.73. The monoisotopic (exact) mass is 545 g/mol. The molecule has 2 aromatic carbocycles. The highest BCUT2D eigenvalue weighted by Crippen LogP contribution is 2.31. The summed E-state index contributed by atoms with van der Waals surface area (Å²) in [6.07, 6.45) is 3.94. The fraction of sp³-hybridized carbons (Fsp3) is 0.367. The average molecular weight is 546 g/mol. The van der Waals surface area contributed by atoms with Gasteiger partial charge < -0.3 is 20.4 Å². The molecule has 0 radical (unpaired) electrons. The van der Waals surface area contributed by atoms with Crippen molar-refractivity contribution in [3.8, 4) is 11.1 Å². The highest BCUT2D eigenvalue weighted by molar-refractivity contribution is 6.30. The Labute approximate surface area is 235 Å². The lowest BCUT2D eigenvalue weighted by atomic mass is 10.0. The van der Waals surface area contributed by atoms with Crippen molar-refractivity contribution in [2.24, 2.45) is 0 Å². The molecule has 0 spiro atoms. The van der Waals surface area contributed by atoms with Gasteiger partial charge in [-0.2, -0.15) is 9.61 Å². The minimum absolute atomic E-state index is 0.251. The van der Waals surface area contributed by atoms with Crippen molar-refractivity contribution in [3.05, 3.63) is 71.5 Å². The number of hydrogen-bond donors (Lipinski definition) is 2. The number of aromatic nitrogens is 3. The van der Waals surface area contributed by atoms with Crippen molar-refractivity contribution >= 4 is 40.3 Å². The lowest BCUT2D eigenvalue weighted by molar-refractivity contribution is 0.102. The fourth-order valence-corrected chi connectivity index (χ4v) is 5.54. The van der Waals surface area contributed by atoms with Gasteiger partial charge in [0.2, 0.25) is 0 Å². The number of anilines is 3. The maximum absolute atomic E-state index is 13.7. The van der Waals surface area contributed by atoms with E-state index in [4.69, 9.17) is 16.6 Å². The van der Waals surface area contributed by atoms with Crippen LogP contribution in [0.2, 0.25) is 5.02 Å². The Morgan fingerprint density at radius 1 is 1.05 bits per heavy atom. The molecule has 4 aromatic rings. The molecule has 204 valence electrons. The van der Waals surface area contributed by atoms with Gasteiger partial charge in [-0.15, -0.1) is 0 Å². The number of fused-ring (bicyclic) bond motifs is 1. The first-order chi connectivity index (χ1) is 19.0. The van der Waals surface area contributed by atoms with Gasteiger partial charge in [-0.05, 0) is 63.1 Å². The fourth-order valence-electron chi connectivity index (χ4n) is 5.35. The minimum atomic E-state index is -0.251. The average Bonchev–Trinajstić information content (AvgIpc) is 3.39. The molecule has 0 saturated carbocycles. The number of nitrogens with zero attached hydrogens (tertiary/aromatic N) is 5. The van der Waals surface area contributed by atoms with Crippen LogP contribution in [-0.2, 0) is 0 Å². The van der Waals surface area contributed by atoms with E-state index in [1.807, 2.05) is 53.0 Å². The van der Waals surface area contributed by atoms with Crippen molar-refractivity contribution in [2.75, 3.05) is 47.8 Å². The standard InChI is InChI=1S/C30H36ClN7O/c1-4-32-23-14-16-37(17-15-23)27-13-8-7-12-25(27)35-30(39)26-19-28(36(5-2)6-3)38-29(34-26)24(20-33-38)21-10-9-11-22(31)18-21/h7-13,18-20,23,32H,4-6,14-17H2,1-3H3,(H,35,39). The number of nitrogens with one attached hydrogen (secondary N) is 2. The van der Waals surface area contributed by atoms with E-state index >= 15 is 0 Å². The molecule has 9 heteroatoms. The highest BCUT2D eigenvalue weighted by atomic mass is 35.5. The third kappa shape index (κ3) is 5.72. The lowest BCUT2D eigenvalue weighted by Crippen LogP contribution is -2.42. The highest BCUT2D eigenvalue weighted by Gasteiger charge is 2.23. The second kappa shape index (κ2) is 12.1. The van der Waals surface area contributed by atoms with E-state index in [2.05, 4.69) is 52.4 Å². The molecule has 8 nitrogen and oxygen atoms in total. The Morgan fingerprint density at radius 3 is 2.54 bits per heavy atom. The van der Waals surface area contributed by atoms with Crippen LogP contribution in [0.15, 0.2) is 60.8 Å². The molecule has 0 unspecified atom stereocenters. The van der Waals surface area contributed by atoms with Crippen molar-refractivity contribution in [3.63, 3.8) is 0 Å². The number of benzene rings is 2. The zero-order valence-electron chi connectivity index (χ0n) is 22.8. The molecule has 2 aromatic heterocycles. The van der Waals surface area contributed by atoms with Crippen LogP contribution in [0.5, 0.6) is 0 Å². The molecule has 1 aliphatic heterocycles. The molecule has 5 rings (SSSR count). The van der Waals surface area contributed by atoms with Crippen LogP contribution in [0.4, 0.5) is 17.2 Å². The molecule has 1 amide bonds. The molecule has 3 heterocycles. The lowest BCUT2D eigenvalue weighted by Gasteiger charge is -2.35. The van der Waals surface area contributed by atoms with E-state index in [0.717, 1.165) is 73.9 Å². The van der Waals surface area contributed by atoms with E-state index in [-0.39, 0.29) is 5.91 Å². The molecular formula is C30H36ClN7O. The summed E-state index contributed by atoms with van der Waals surface area (Å²) in [4.78, 5) is 23.1. The topological polar surface area (TPSA) is 77.8 Å². The van der Waals surface area contributed by atoms with Gasteiger partial charge in [0.25, 0.3) is 5.91 Å². The number of halogens is 1. The smallest absolute Gasteiger partial charge is 0.274 e. The number of hydrogen-bond acceptors (Lipinski definition) is 6. The van der Waals surface area contributed by atoms with Crippen LogP contribution in [0.3, 0.4) is 0 Å². The molecule has 39 heavy (non-hydrogen) atoms. The molecule has 0 bridgehead atoms. The van der Waals surface area contributed by atoms with Gasteiger partial charge in [0.05, 0.1) is 17.6 Å².